The van der Waals surface area contributed by atoms with E-state index >= 15 is 0 Å². The molecule has 0 unspecified atom stereocenters. The maximum absolute atomic E-state index is 11.8. The summed E-state index contributed by atoms with van der Waals surface area (Å²) in [5.41, 5.74) is 1.41. The average Bonchev–Trinajstić information content (AvgIpc) is 2.19. The lowest BCUT2D eigenvalue weighted by molar-refractivity contribution is -0.140. The van der Waals surface area contributed by atoms with Gasteiger partial charge in [0.1, 0.15) is 0 Å². The van der Waals surface area contributed by atoms with Crippen molar-refractivity contribution in [2.75, 3.05) is 0 Å². The first-order valence-electron chi connectivity index (χ1n) is 5.44. The number of ketones is 2. The van der Waals surface area contributed by atoms with Gasteiger partial charge in [0.15, 0.2) is 0 Å². The maximum atomic E-state index is 11.8. The van der Waals surface area contributed by atoms with Crippen LogP contribution < -0.4 is 0 Å². The van der Waals surface area contributed by atoms with Gasteiger partial charge in [-0.3, -0.25) is 9.59 Å². The van der Waals surface area contributed by atoms with Crippen molar-refractivity contribution in [3.05, 3.63) is 35.4 Å². The highest BCUT2D eigenvalue weighted by Gasteiger charge is 2.27. The summed E-state index contributed by atoms with van der Waals surface area (Å²) in [6.07, 6.45) is 0.211. The first kappa shape index (κ1) is 12.6. The predicted molar refractivity (Wildman–Crippen MR) is 64.4 cm³/mol. The first-order chi connectivity index (χ1) is 7.32. The second-order valence-corrected chi connectivity index (χ2v) is 5.11. The van der Waals surface area contributed by atoms with E-state index in [0.717, 1.165) is 11.1 Å². The Balaban J connectivity index is 2.81. The van der Waals surface area contributed by atoms with E-state index in [0.29, 0.717) is 0 Å². The molecule has 0 aromatic heterocycles. The van der Waals surface area contributed by atoms with Crippen LogP contribution in [-0.2, 0) is 16.0 Å². The number of benzene rings is 1. The number of Topliss-reactive ketones (excluding diaryl/α,β-unsaturated/α-hetero) is 2. The van der Waals surface area contributed by atoms with E-state index < -0.39 is 5.41 Å². The minimum absolute atomic E-state index is 0.211. The van der Waals surface area contributed by atoms with Gasteiger partial charge in [-0.25, -0.2) is 0 Å². The van der Waals surface area contributed by atoms with Gasteiger partial charge in [0.25, 0.3) is 0 Å². The van der Waals surface area contributed by atoms with Crippen LogP contribution in [0.1, 0.15) is 31.9 Å². The van der Waals surface area contributed by atoms with E-state index in [9.17, 15) is 9.59 Å². The molecule has 0 saturated carbocycles. The smallest absolute Gasteiger partial charge is 0.204 e. The Kier molecular flexibility index (Phi) is 3.63. The zero-order chi connectivity index (χ0) is 12.3. The molecule has 0 atom stereocenters. The van der Waals surface area contributed by atoms with Gasteiger partial charge >= 0.3 is 0 Å². The number of carbonyl (C=O) groups is 2. The molecule has 0 N–H and O–H groups in total. The Morgan fingerprint density at radius 2 is 1.69 bits per heavy atom. The molecule has 16 heavy (non-hydrogen) atoms. The third-order valence-electron chi connectivity index (χ3n) is 2.55. The summed E-state index contributed by atoms with van der Waals surface area (Å²) in [6, 6.07) is 7.65. The van der Waals surface area contributed by atoms with Crippen molar-refractivity contribution < 1.29 is 9.59 Å². The third kappa shape index (κ3) is 3.02. The lowest BCUT2D eigenvalue weighted by atomic mass is 9.86. The molecular weight excluding hydrogens is 200 g/mol. The fourth-order valence-corrected chi connectivity index (χ4v) is 1.48. The molecule has 0 saturated heterocycles. The molecule has 1 aromatic carbocycles. The summed E-state index contributed by atoms with van der Waals surface area (Å²) >= 11 is 0. The number of hydrogen-bond donors (Lipinski definition) is 0. The zero-order valence-corrected chi connectivity index (χ0v) is 10.3. The lowest BCUT2D eigenvalue weighted by Crippen LogP contribution is -2.29. The molecule has 0 aliphatic heterocycles. The first-order valence-corrected chi connectivity index (χ1v) is 5.44. The summed E-state index contributed by atoms with van der Waals surface area (Å²) < 4.78 is 0. The standard InChI is InChI=1S/C14H18O2/c1-10-7-5-6-8-11(10)9-12(15)13(16)14(2,3)4/h5-8H,9H2,1-4H3. The van der Waals surface area contributed by atoms with Crippen LogP contribution in [0.15, 0.2) is 24.3 Å². The quantitative estimate of drug-likeness (QED) is 0.731. The number of hydrogen-bond acceptors (Lipinski definition) is 2. The van der Waals surface area contributed by atoms with Gasteiger partial charge in [0, 0.05) is 11.8 Å². The topological polar surface area (TPSA) is 34.1 Å². The molecule has 0 aliphatic rings. The van der Waals surface area contributed by atoms with Gasteiger partial charge in [0.05, 0.1) is 0 Å². The Labute approximate surface area is 96.7 Å². The fourth-order valence-electron chi connectivity index (χ4n) is 1.48. The maximum Gasteiger partial charge on any atom is 0.204 e. The highest BCUT2D eigenvalue weighted by Crippen LogP contribution is 2.17. The number of rotatable bonds is 3. The predicted octanol–water partition coefficient (Wildman–Crippen LogP) is 2.72. The molecule has 86 valence electrons. The average molecular weight is 218 g/mol. The second kappa shape index (κ2) is 4.60. The van der Waals surface area contributed by atoms with Crippen LogP contribution >= 0.6 is 0 Å². The van der Waals surface area contributed by atoms with Crippen molar-refractivity contribution in [1.82, 2.24) is 0 Å². The van der Waals surface area contributed by atoms with Crippen LogP contribution in [0.5, 0.6) is 0 Å². The molecule has 2 nitrogen and oxygen atoms in total. The van der Waals surface area contributed by atoms with Gasteiger partial charge in [0.2, 0.25) is 11.6 Å². The van der Waals surface area contributed by atoms with Crippen molar-refractivity contribution >= 4 is 11.6 Å². The van der Waals surface area contributed by atoms with Crippen molar-refractivity contribution in [3.63, 3.8) is 0 Å². The van der Waals surface area contributed by atoms with Gasteiger partial charge in [-0.05, 0) is 18.1 Å². The normalized spacial score (nSPS) is 11.2. The minimum atomic E-state index is -0.584. The third-order valence-corrected chi connectivity index (χ3v) is 2.55. The summed E-state index contributed by atoms with van der Waals surface area (Å²) in [7, 11) is 0. The Morgan fingerprint density at radius 3 is 2.19 bits per heavy atom. The van der Waals surface area contributed by atoms with Gasteiger partial charge in [-0.2, -0.15) is 0 Å². The Bertz CT molecular complexity index is 411. The van der Waals surface area contributed by atoms with E-state index in [1.54, 1.807) is 20.8 Å². The molecule has 0 radical (unpaired) electrons. The molecule has 0 heterocycles. The van der Waals surface area contributed by atoms with Crippen molar-refractivity contribution in [2.24, 2.45) is 5.41 Å². The van der Waals surface area contributed by atoms with Crippen LogP contribution in [-0.4, -0.2) is 11.6 Å². The van der Waals surface area contributed by atoms with E-state index in [1.807, 2.05) is 31.2 Å². The molecule has 0 spiro atoms. The SMILES string of the molecule is Cc1ccccc1CC(=O)C(=O)C(C)(C)C. The number of aryl methyl sites for hydroxylation is 1. The molecule has 1 rings (SSSR count). The van der Waals surface area contributed by atoms with Crippen LogP contribution in [0, 0.1) is 12.3 Å². The largest absolute Gasteiger partial charge is 0.290 e. The Morgan fingerprint density at radius 1 is 1.12 bits per heavy atom. The monoisotopic (exact) mass is 218 g/mol. The van der Waals surface area contributed by atoms with Gasteiger partial charge in [-0.1, -0.05) is 45.0 Å². The molecule has 0 amide bonds. The fraction of sp³-hybridized carbons (Fsp3) is 0.429. The molecule has 2 heteroatoms. The van der Waals surface area contributed by atoms with Crippen LogP contribution in [0.25, 0.3) is 0 Å². The number of carbonyl (C=O) groups excluding carboxylic acids is 2. The van der Waals surface area contributed by atoms with Crippen molar-refractivity contribution in [1.29, 1.82) is 0 Å². The minimum Gasteiger partial charge on any atom is -0.290 e. The van der Waals surface area contributed by atoms with E-state index in [4.69, 9.17) is 0 Å². The van der Waals surface area contributed by atoms with E-state index in [1.165, 1.54) is 0 Å². The Hall–Kier alpha value is -1.44. The summed E-state index contributed by atoms with van der Waals surface area (Å²) in [5, 5.41) is 0. The van der Waals surface area contributed by atoms with Gasteiger partial charge < -0.3 is 0 Å². The molecule has 0 aliphatic carbocycles. The van der Waals surface area contributed by atoms with Crippen LogP contribution in [0.2, 0.25) is 0 Å². The summed E-state index contributed by atoms with van der Waals surface area (Å²) in [4.78, 5) is 23.5. The zero-order valence-electron chi connectivity index (χ0n) is 10.3. The van der Waals surface area contributed by atoms with E-state index in [2.05, 4.69) is 0 Å². The highest BCUT2D eigenvalue weighted by molar-refractivity contribution is 6.39. The summed E-state index contributed by atoms with van der Waals surface area (Å²) in [5.74, 6) is -0.599. The second-order valence-electron chi connectivity index (χ2n) is 5.11. The van der Waals surface area contributed by atoms with Crippen LogP contribution in [0.3, 0.4) is 0 Å². The van der Waals surface area contributed by atoms with Gasteiger partial charge in [-0.15, -0.1) is 0 Å². The van der Waals surface area contributed by atoms with E-state index in [-0.39, 0.29) is 18.0 Å². The van der Waals surface area contributed by atoms with Crippen LogP contribution in [0.4, 0.5) is 0 Å². The molecular formula is C14H18O2. The molecule has 0 fully saturated rings. The molecule has 1 aromatic rings. The van der Waals surface area contributed by atoms with Crippen molar-refractivity contribution in [3.8, 4) is 0 Å². The summed E-state index contributed by atoms with van der Waals surface area (Å²) in [6.45, 7) is 7.26. The highest BCUT2D eigenvalue weighted by atomic mass is 16.2. The molecule has 0 bridgehead atoms. The lowest BCUT2D eigenvalue weighted by Gasteiger charge is -2.15. The van der Waals surface area contributed by atoms with Crippen molar-refractivity contribution in [2.45, 2.75) is 34.1 Å².